The van der Waals surface area contributed by atoms with Crippen molar-refractivity contribution in [2.24, 2.45) is 7.05 Å². The predicted molar refractivity (Wildman–Crippen MR) is 180 cm³/mol. The number of benzene rings is 5. The van der Waals surface area contributed by atoms with Gasteiger partial charge in [0.2, 0.25) is 0 Å². The van der Waals surface area contributed by atoms with Gasteiger partial charge < -0.3 is 9.30 Å². The molecule has 0 aliphatic rings. The standard InChI is InChI=1S/C40H32N4O.Pt/c1-27-23-28(2)36(29(3)24-27)37-38(30-13-7-5-8-14-30)42-44(39(37)31-15-9-6-10-16-31)33-18-12-20-35(26-33)45-34-19-11-17-32(25-34)40-41-21-22-43(40)4;/h5-24H,1-4H3;/q-2;+2. The second-order valence-corrected chi connectivity index (χ2v) is 11.3. The van der Waals surface area contributed by atoms with E-state index in [0.29, 0.717) is 11.5 Å². The topological polar surface area (TPSA) is 44.9 Å². The van der Waals surface area contributed by atoms with E-state index in [2.05, 4.69) is 98.6 Å². The molecule has 7 rings (SSSR count). The minimum absolute atomic E-state index is 0. The van der Waals surface area contributed by atoms with Gasteiger partial charge in [0.25, 0.3) is 0 Å². The van der Waals surface area contributed by atoms with Crippen LogP contribution in [-0.4, -0.2) is 19.3 Å². The Labute approximate surface area is 284 Å². The molecular formula is C40H32N4OPt. The van der Waals surface area contributed by atoms with Crippen LogP contribution in [0, 0.1) is 32.9 Å². The van der Waals surface area contributed by atoms with E-state index in [0.717, 1.165) is 45.2 Å². The Kier molecular flexibility index (Phi) is 8.87. The Balaban J connectivity index is 0.00000372. The van der Waals surface area contributed by atoms with Crippen LogP contribution in [0.3, 0.4) is 0 Å². The first-order chi connectivity index (χ1) is 22.0. The maximum atomic E-state index is 6.33. The molecule has 2 heterocycles. The molecule has 0 spiro atoms. The van der Waals surface area contributed by atoms with Gasteiger partial charge >= 0.3 is 21.1 Å². The van der Waals surface area contributed by atoms with E-state index >= 15 is 0 Å². The molecule has 0 fully saturated rings. The largest absolute Gasteiger partial charge is 2.00 e. The number of hydrogen-bond acceptors (Lipinski definition) is 3. The zero-order valence-corrected chi connectivity index (χ0v) is 28.3. The van der Waals surface area contributed by atoms with Gasteiger partial charge in [-0.25, -0.2) is 0 Å². The molecule has 5 nitrogen and oxygen atoms in total. The summed E-state index contributed by atoms with van der Waals surface area (Å²) in [5, 5.41) is 5.32. The smallest absolute Gasteiger partial charge is 0.503 e. The third-order valence-electron chi connectivity index (χ3n) is 7.94. The van der Waals surface area contributed by atoms with E-state index < -0.39 is 0 Å². The number of aromatic nitrogens is 4. The van der Waals surface area contributed by atoms with Crippen molar-refractivity contribution in [2.75, 3.05) is 0 Å². The molecule has 0 aliphatic heterocycles. The van der Waals surface area contributed by atoms with Gasteiger partial charge in [-0.1, -0.05) is 84.4 Å². The Hall–Kier alpha value is -4.99. The first kappa shape index (κ1) is 31.0. The van der Waals surface area contributed by atoms with E-state index in [1.165, 1.54) is 22.3 Å². The molecule has 0 saturated carbocycles. The van der Waals surface area contributed by atoms with E-state index in [4.69, 9.17) is 9.84 Å². The molecule has 0 bridgehead atoms. The average molecular weight is 780 g/mol. The van der Waals surface area contributed by atoms with Crippen molar-refractivity contribution in [3.63, 3.8) is 0 Å². The maximum absolute atomic E-state index is 6.33. The molecule has 2 aromatic heterocycles. The van der Waals surface area contributed by atoms with Crippen LogP contribution in [0.2, 0.25) is 0 Å². The molecule has 7 aromatic rings. The SMILES string of the molecule is Cc1cc(C)c(-c2c(-c3ccccc3)nn(-c3[c-]c(Oc4[c-]c(-c5nccn5C)ccc4)ccc3)c2-c2ccccc2)c(C)c1.[Pt+2]. The third-order valence-corrected chi connectivity index (χ3v) is 7.94. The van der Waals surface area contributed by atoms with Gasteiger partial charge in [0.15, 0.2) is 0 Å². The Morgan fingerprint density at radius 1 is 0.674 bits per heavy atom. The molecule has 5 aromatic carbocycles. The van der Waals surface area contributed by atoms with Crippen molar-refractivity contribution in [3.8, 4) is 62.2 Å². The van der Waals surface area contributed by atoms with Gasteiger partial charge in [-0.2, -0.15) is 11.2 Å². The van der Waals surface area contributed by atoms with Crippen LogP contribution in [-0.2, 0) is 28.1 Å². The zero-order valence-electron chi connectivity index (χ0n) is 26.1. The van der Waals surface area contributed by atoms with E-state index in [-0.39, 0.29) is 21.1 Å². The van der Waals surface area contributed by atoms with Gasteiger partial charge in [0.1, 0.15) is 5.69 Å². The number of ether oxygens (including phenoxy) is 1. The van der Waals surface area contributed by atoms with Crippen molar-refractivity contribution in [1.29, 1.82) is 0 Å². The van der Waals surface area contributed by atoms with E-state index in [1.807, 2.05) is 71.0 Å². The van der Waals surface area contributed by atoms with Crippen LogP contribution in [0.5, 0.6) is 11.5 Å². The minimum atomic E-state index is 0. The normalized spacial score (nSPS) is 10.9. The van der Waals surface area contributed by atoms with E-state index in [1.54, 1.807) is 6.20 Å². The summed E-state index contributed by atoms with van der Waals surface area (Å²) in [4.78, 5) is 4.46. The fraction of sp³-hybridized carbons (Fsp3) is 0.100. The van der Waals surface area contributed by atoms with Gasteiger partial charge in [-0.3, -0.25) is 9.67 Å². The first-order valence-electron chi connectivity index (χ1n) is 15.0. The van der Waals surface area contributed by atoms with Crippen molar-refractivity contribution in [1.82, 2.24) is 19.3 Å². The molecule has 0 aliphatic carbocycles. The summed E-state index contributed by atoms with van der Waals surface area (Å²) in [5.74, 6) is 1.98. The molecule has 0 N–H and O–H groups in total. The predicted octanol–water partition coefficient (Wildman–Crippen LogP) is 9.59. The van der Waals surface area contributed by atoms with Gasteiger partial charge in [-0.15, -0.1) is 42.0 Å². The molecule has 0 unspecified atom stereocenters. The molecule has 0 amide bonds. The van der Waals surface area contributed by atoms with Gasteiger partial charge in [0, 0.05) is 47.6 Å². The summed E-state index contributed by atoms with van der Waals surface area (Å²) < 4.78 is 10.3. The summed E-state index contributed by atoms with van der Waals surface area (Å²) in [6.45, 7) is 6.52. The van der Waals surface area contributed by atoms with Gasteiger partial charge in [-0.05, 0) is 43.1 Å². The van der Waals surface area contributed by atoms with E-state index in [9.17, 15) is 0 Å². The molecule has 0 radical (unpaired) electrons. The first-order valence-corrected chi connectivity index (χ1v) is 15.0. The number of aryl methyl sites for hydroxylation is 4. The Morgan fingerprint density at radius 3 is 1.96 bits per heavy atom. The van der Waals surface area contributed by atoms with Gasteiger partial charge in [0.05, 0.1) is 11.5 Å². The third kappa shape index (κ3) is 5.99. The number of rotatable bonds is 7. The van der Waals surface area contributed by atoms with Crippen LogP contribution in [0.25, 0.3) is 50.7 Å². The second-order valence-electron chi connectivity index (χ2n) is 11.3. The summed E-state index contributed by atoms with van der Waals surface area (Å²) in [6, 6.07) is 44.0. The molecular weight excluding hydrogens is 748 g/mol. The average Bonchev–Trinajstić information content (AvgIpc) is 3.66. The maximum Gasteiger partial charge on any atom is 2.00 e. The summed E-state index contributed by atoms with van der Waals surface area (Å²) >= 11 is 0. The summed E-state index contributed by atoms with van der Waals surface area (Å²) in [7, 11) is 1.97. The fourth-order valence-corrected chi connectivity index (χ4v) is 6.06. The Bertz CT molecular complexity index is 2110. The number of nitrogens with zero attached hydrogens (tertiary/aromatic N) is 4. The Morgan fingerprint density at radius 2 is 1.30 bits per heavy atom. The number of imidazole rings is 1. The molecule has 0 atom stereocenters. The van der Waals surface area contributed by atoms with Crippen LogP contribution >= 0.6 is 0 Å². The molecule has 46 heavy (non-hydrogen) atoms. The number of hydrogen-bond donors (Lipinski definition) is 0. The molecule has 6 heteroatoms. The van der Waals surface area contributed by atoms with Crippen molar-refractivity contribution < 1.29 is 25.8 Å². The van der Waals surface area contributed by atoms with Crippen LogP contribution in [0.15, 0.2) is 122 Å². The van der Waals surface area contributed by atoms with Crippen LogP contribution in [0.4, 0.5) is 0 Å². The monoisotopic (exact) mass is 779 g/mol. The summed E-state index contributed by atoms with van der Waals surface area (Å²) in [6.07, 6.45) is 3.69. The quantitative estimate of drug-likeness (QED) is 0.152. The van der Waals surface area contributed by atoms with Crippen molar-refractivity contribution in [3.05, 3.63) is 150 Å². The molecule has 0 saturated heterocycles. The second kappa shape index (κ2) is 13.2. The fourth-order valence-electron chi connectivity index (χ4n) is 6.06. The van der Waals surface area contributed by atoms with Crippen molar-refractivity contribution in [2.45, 2.75) is 20.8 Å². The molecule has 228 valence electrons. The van der Waals surface area contributed by atoms with Crippen LogP contribution in [0.1, 0.15) is 16.7 Å². The zero-order chi connectivity index (χ0) is 30.9. The summed E-state index contributed by atoms with van der Waals surface area (Å²) in [5.41, 5.74) is 11.6. The van der Waals surface area contributed by atoms with Crippen LogP contribution < -0.4 is 4.74 Å². The minimum Gasteiger partial charge on any atom is -0.503 e. The van der Waals surface area contributed by atoms with Crippen molar-refractivity contribution >= 4 is 0 Å².